The fourth-order valence-corrected chi connectivity index (χ4v) is 21.3. The summed E-state index contributed by atoms with van der Waals surface area (Å²) in [4.78, 5) is 0. The smallest absolute Gasteiger partial charge is 0.201 e. The molecule has 16 aromatic rings. The van der Waals surface area contributed by atoms with Crippen LogP contribution in [-0.4, -0.2) is 0 Å². The maximum Gasteiger partial charge on any atom is 0.213 e. The van der Waals surface area contributed by atoms with E-state index in [0.29, 0.717) is 0 Å². The Kier molecular flexibility index (Phi) is 19.9. The topological polar surface area (TPSA) is 15.5 Å². The molecule has 0 aliphatic heterocycles. The number of hydrogen-bond acceptors (Lipinski definition) is 0. The summed E-state index contributed by atoms with van der Waals surface area (Å²) in [5, 5.41) is 10.7. The Morgan fingerprint density at radius 3 is 1.06 bits per heavy atom. The summed E-state index contributed by atoms with van der Waals surface area (Å²) in [6.07, 6.45) is 10.9. The first-order valence-corrected chi connectivity index (χ1v) is 43.6. The van der Waals surface area contributed by atoms with Gasteiger partial charge in [0.1, 0.15) is 28.2 Å². The van der Waals surface area contributed by atoms with Crippen molar-refractivity contribution < 1.29 is 18.3 Å². The minimum Gasteiger partial charge on any atom is -0.201 e. The Morgan fingerprint density at radius 1 is 0.233 bits per heavy atom. The Bertz CT molecular complexity index is 6900. The van der Waals surface area contributed by atoms with Gasteiger partial charge in [0.05, 0.1) is 16.7 Å². The molecule has 0 spiro atoms. The maximum absolute atomic E-state index is 2.43. The summed E-state index contributed by atoms with van der Waals surface area (Å²) in [6.45, 7) is 46.9. The van der Waals surface area contributed by atoms with Gasteiger partial charge in [-0.3, -0.25) is 0 Å². The standard InChI is InChI=1S/3C30H32N.C26H24N/c1-19-16-17-31(7)26(18-19)22-13-14-24-27-23-11-9-8-10-21(23)12-15-25(27)29(3,4)30(5,6)28(24)20(22)2;1-19-16-17-31(7)25(18-19)26-20(2)12-14-23-27-22-11-9-8-10-21(22)13-15-24(27)29(3,4)30(5,6)28(23)26;1-19-14-15-31(7)26(16-19)27-20(2)12-13-23-24-17-21-10-8-9-11-22(21)18-25(24)29(3,4)30(5,6)28(23)27;1-17-14-15-27(3)24(16-17)25-18(2)8-12-23-22(25)13-11-20-10-9-19-6-4-5-7-21(19)26(20)23/h3*8-18H,1-7H3;4-10,12,14-16H,11,13H2,1-3H3/q4*+1. The molecule has 120 heavy (non-hydrogen) atoms. The fraction of sp³-hybridized carbons (Fsp3) is 0.276. The average Bonchev–Trinajstić information content (AvgIpc) is 0.703. The molecule has 4 aliphatic carbocycles. The molecule has 20 rings (SSSR count). The predicted molar refractivity (Wildman–Crippen MR) is 507 cm³/mol. The average molecular weight is 1570 g/mol. The highest BCUT2D eigenvalue weighted by molar-refractivity contribution is 6.05. The van der Waals surface area contributed by atoms with Gasteiger partial charge >= 0.3 is 0 Å². The maximum atomic E-state index is 2.43. The van der Waals surface area contributed by atoms with Crippen LogP contribution in [0.4, 0.5) is 0 Å². The van der Waals surface area contributed by atoms with E-state index in [1.54, 1.807) is 0 Å². The molecule has 4 heteroatoms. The first-order valence-electron chi connectivity index (χ1n) is 43.6. The van der Waals surface area contributed by atoms with Crippen LogP contribution in [0.25, 0.3) is 133 Å². The van der Waals surface area contributed by atoms with Gasteiger partial charge < -0.3 is 0 Å². The van der Waals surface area contributed by atoms with Gasteiger partial charge in [-0.05, 0) is 285 Å². The third-order valence-corrected chi connectivity index (χ3v) is 30.2. The number of fused-ring (bicyclic) bond motifs is 19. The van der Waals surface area contributed by atoms with Crippen LogP contribution in [0, 0.1) is 55.4 Å². The minimum absolute atomic E-state index is 0.000278. The summed E-state index contributed by atoms with van der Waals surface area (Å²) in [5.41, 5.74) is 44.3. The third kappa shape index (κ3) is 12.8. The Morgan fingerprint density at radius 2 is 0.575 bits per heavy atom. The highest BCUT2D eigenvalue weighted by Crippen LogP contribution is 2.61. The van der Waals surface area contributed by atoms with Crippen molar-refractivity contribution in [3.8, 4) is 89.5 Å². The zero-order chi connectivity index (χ0) is 84.9. The molecule has 0 bridgehead atoms. The lowest BCUT2D eigenvalue weighted by molar-refractivity contribution is -0.660. The molecule has 600 valence electrons. The molecule has 0 N–H and O–H groups in total. The second kappa shape index (κ2) is 29.6. The predicted octanol–water partition coefficient (Wildman–Crippen LogP) is 27.3. The number of aryl methyl sites for hydroxylation is 12. The summed E-state index contributed by atoms with van der Waals surface area (Å²) in [7, 11) is 8.62. The lowest BCUT2D eigenvalue weighted by Crippen LogP contribution is -2.44. The van der Waals surface area contributed by atoms with Crippen LogP contribution in [0.5, 0.6) is 0 Å². The van der Waals surface area contributed by atoms with Crippen LogP contribution in [-0.2, 0) is 73.5 Å². The molecule has 0 atom stereocenters. The normalized spacial score (nSPS) is 15.3. The van der Waals surface area contributed by atoms with Crippen LogP contribution in [0.2, 0.25) is 0 Å². The van der Waals surface area contributed by atoms with Crippen molar-refractivity contribution in [1.82, 2.24) is 0 Å². The van der Waals surface area contributed by atoms with Gasteiger partial charge in [0, 0.05) is 64.9 Å². The Labute approximate surface area is 714 Å². The van der Waals surface area contributed by atoms with Crippen molar-refractivity contribution in [3.63, 3.8) is 0 Å². The van der Waals surface area contributed by atoms with Gasteiger partial charge in [0.2, 0.25) is 22.8 Å². The molecule has 4 heterocycles. The molecule has 4 aliphatic rings. The molecule has 0 saturated carbocycles. The van der Waals surface area contributed by atoms with Crippen molar-refractivity contribution in [3.05, 3.63) is 356 Å². The van der Waals surface area contributed by atoms with E-state index in [2.05, 4.69) is 452 Å². The van der Waals surface area contributed by atoms with E-state index in [0.717, 1.165) is 12.8 Å². The second-order valence-electron chi connectivity index (χ2n) is 38.8. The van der Waals surface area contributed by atoms with Crippen molar-refractivity contribution in [2.45, 2.75) is 184 Å². The van der Waals surface area contributed by atoms with Gasteiger partial charge in [-0.1, -0.05) is 259 Å². The third-order valence-electron chi connectivity index (χ3n) is 30.2. The summed E-state index contributed by atoms with van der Waals surface area (Å²) in [6, 6.07) is 90.7. The van der Waals surface area contributed by atoms with E-state index >= 15 is 0 Å². The fourth-order valence-electron chi connectivity index (χ4n) is 21.3. The molecule has 0 unspecified atom stereocenters. The SMILES string of the molecule is Cc1cc[n+](C)c(-c2c(C)ccc3c2C(C)(C)C(C)(C)c2cc4ccccc4cc2-3)c1.Cc1cc[n+](C)c(-c2c(C)ccc3c2C(C)(C)C(C)(C)c2ccc4ccccc4c2-3)c1.Cc1cc[n+](C)c(-c2c(C)ccc3c2CCc2ccc4ccccc4c2-3)c1.Cc1cc[n+](C)c(-c2ccc3c(c2C)C(C)(C)C(C)(C)c2ccc4ccccc4c2-3)c1. The van der Waals surface area contributed by atoms with E-state index < -0.39 is 0 Å². The zero-order valence-corrected chi connectivity index (χ0v) is 75.6. The van der Waals surface area contributed by atoms with Crippen molar-refractivity contribution in [2.75, 3.05) is 0 Å². The summed E-state index contributed by atoms with van der Waals surface area (Å²) in [5.74, 6) is 0. The molecular weight excluding hydrogens is 1450 g/mol. The molecule has 4 nitrogen and oxygen atoms in total. The monoisotopic (exact) mass is 1570 g/mol. The van der Waals surface area contributed by atoms with Gasteiger partial charge in [0.15, 0.2) is 24.8 Å². The van der Waals surface area contributed by atoms with Gasteiger partial charge in [0.25, 0.3) is 0 Å². The lowest BCUT2D eigenvalue weighted by atomic mass is 9.54. The first-order chi connectivity index (χ1) is 57.0. The second-order valence-corrected chi connectivity index (χ2v) is 38.8. The van der Waals surface area contributed by atoms with E-state index in [1.807, 2.05) is 0 Å². The van der Waals surface area contributed by atoms with Crippen LogP contribution in [0.15, 0.2) is 267 Å². The van der Waals surface area contributed by atoms with E-state index in [1.165, 1.54) is 222 Å². The Hall–Kier alpha value is -11.7. The molecule has 0 amide bonds. The van der Waals surface area contributed by atoms with E-state index in [-0.39, 0.29) is 32.5 Å². The number of hydrogen-bond donors (Lipinski definition) is 0. The van der Waals surface area contributed by atoms with Crippen LogP contribution >= 0.6 is 0 Å². The number of pyridine rings is 4. The highest BCUT2D eigenvalue weighted by atomic mass is 14.9. The van der Waals surface area contributed by atoms with Gasteiger partial charge in [-0.25, -0.2) is 18.3 Å². The van der Waals surface area contributed by atoms with Gasteiger partial charge in [-0.15, -0.1) is 0 Å². The van der Waals surface area contributed by atoms with E-state index in [4.69, 9.17) is 0 Å². The van der Waals surface area contributed by atoms with E-state index in [9.17, 15) is 0 Å². The van der Waals surface area contributed by atoms with Crippen LogP contribution in [0.1, 0.15) is 172 Å². The summed E-state index contributed by atoms with van der Waals surface area (Å²) < 4.78 is 9.05. The molecular formula is C116H120N4+4. The van der Waals surface area contributed by atoms with Gasteiger partial charge in [-0.2, -0.15) is 0 Å². The van der Waals surface area contributed by atoms with Crippen molar-refractivity contribution in [1.29, 1.82) is 0 Å². The molecule has 0 fully saturated rings. The lowest BCUT2D eigenvalue weighted by Gasteiger charge is -2.49. The largest absolute Gasteiger partial charge is 0.213 e. The van der Waals surface area contributed by atoms with Crippen molar-refractivity contribution >= 4 is 43.1 Å². The molecule has 12 aromatic carbocycles. The van der Waals surface area contributed by atoms with Crippen molar-refractivity contribution in [2.24, 2.45) is 28.2 Å². The van der Waals surface area contributed by atoms with Crippen LogP contribution in [0.3, 0.4) is 0 Å². The highest BCUT2D eigenvalue weighted by Gasteiger charge is 2.52. The number of aromatic nitrogens is 4. The Balaban J connectivity index is 0.000000114. The quantitative estimate of drug-likeness (QED) is 0.156. The summed E-state index contributed by atoms with van der Waals surface area (Å²) >= 11 is 0. The minimum atomic E-state index is -0.0319. The number of benzene rings is 12. The number of nitrogens with zero attached hydrogens (tertiary/aromatic N) is 4. The molecule has 4 aromatic heterocycles. The number of rotatable bonds is 4. The zero-order valence-electron chi connectivity index (χ0n) is 75.6. The molecule has 0 saturated heterocycles. The first kappa shape index (κ1) is 80.7. The molecule has 0 radical (unpaired) electrons. The van der Waals surface area contributed by atoms with Crippen LogP contribution < -0.4 is 18.3 Å².